The summed E-state index contributed by atoms with van der Waals surface area (Å²) in [5, 5.41) is 5.81. The number of hydrazone groups is 1. The van der Waals surface area contributed by atoms with Crippen molar-refractivity contribution in [2.75, 3.05) is 11.0 Å². The van der Waals surface area contributed by atoms with Crippen molar-refractivity contribution >= 4 is 27.3 Å². The van der Waals surface area contributed by atoms with Crippen LogP contribution in [0.2, 0.25) is 0 Å². The molecule has 1 heterocycles. The predicted octanol–water partition coefficient (Wildman–Crippen LogP) is 3.53. The van der Waals surface area contributed by atoms with Crippen molar-refractivity contribution in [1.82, 2.24) is 5.01 Å². The highest BCUT2D eigenvalue weighted by Crippen LogP contribution is 2.35. The average Bonchev–Trinajstić information content (AvgIpc) is 3.05. The molecular formula is C20H22FN3O3S. The number of hydrogen-bond acceptors (Lipinski definition) is 4. The number of halogens is 1. The van der Waals surface area contributed by atoms with E-state index < -0.39 is 21.9 Å². The number of carbonyl (C=O) groups is 1. The number of benzene rings is 2. The molecule has 6 nitrogen and oxygen atoms in total. The van der Waals surface area contributed by atoms with Gasteiger partial charge in [0.25, 0.3) is 0 Å². The molecule has 1 aliphatic rings. The number of hydrogen-bond donors (Lipinski definition) is 1. The number of anilines is 1. The topological polar surface area (TPSA) is 78.8 Å². The number of carbonyl (C=O) groups excluding carboxylic acids is 1. The fourth-order valence-electron chi connectivity index (χ4n) is 3.12. The normalized spacial score (nSPS) is 17.0. The van der Waals surface area contributed by atoms with Crippen LogP contribution in [-0.4, -0.2) is 31.3 Å². The number of sulfonamides is 1. The van der Waals surface area contributed by atoms with E-state index in [0.717, 1.165) is 6.26 Å². The highest BCUT2D eigenvalue weighted by atomic mass is 32.2. The minimum Gasteiger partial charge on any atom is -0.284 e. The van der Waals surface area contributed by atoms with E-state index in [4.69, 9.17) is 0 Å². The highest BCUT2D eigenvalue weighted by molar-refractivity contribution is 7.92. The fraction of sp³-hybridized carbons (Fsp3) is 0.300. The Bertz CT molecular complexity index is 1030. The molecule has 148 valence electrons. The van der Waals surface area contributed by atoms with Gasteiger partial charge in [-0.25, -0.2) is 17.8 Å². The largest absolute Gasteiger partial charge is 0.284 e. The summed E-state index contributed by atoms with van der Waals surface area (Å²) in [5.74, 6) is -0.887. The van der Waals surface area contributed by atoms with Crippen LogP contribution in [0.3, 0.4) is 0 Å². The molecule has 1 amide bonds. The number of rotatable bonds is 5. The van der Waals surface area contributed by atoms with E-state index in [1.807, 2.05) is 0 Å². The molecule has 1 N–H and O–H groups in total. The lowest BCUT2D eigenvalue weighted by Gasteiger charge is -2.23. The lowest BCUT2D eigenvalue weighted by Crippen LogP contribution is -2.31. The van der Waals surface area contributed by atoms with Crippen LogP contribution in [0.25, 0.3) is 0 Å². The average molecular weight is 403 g/mol. The SMILES string of the molecule is CC(C)C(=O)N1N=C(c2cccc(NS(C)(=O)=O)c2)CC1c1ccccc1F. The Balaban J connectivity index is 1.99. The summed E-state index contributed by atoms with van der Waals surface area (Å²) in [5.41, 5.74) is 2.08. The molecule has 8 heteroatoms. The lowest BCUT2D eigenvalue weighted by atomic mass is 9.97. The first-order valence-corrected chi connectivity index (χ1v) is 10.8. The third-order valence-electron chi connectivity index (χ3n) is 4.39. The summed E-state index contributed by atoms with van der Waals surface area (Å²) >= 11 is 0. The molecule has 0 radical (unpaired) electrons. The third kappa shape index (κ3) is 4.39. The monoisotopic (exact) mass is 403 g/mol. The van der Waals surface area contributed by atoms with Gasteiger partial charge in [-0.05, 0) is 23.8 Å². The van der Waals surface area contributed by atoms with Gasteiger partial charge in [0.05, 0.1) is 18.0 Å². The van der Waals surface area contributed by atoms with Crippen molar-refractivity contribution in [2.24, 2.45) is 11.0 Å². The standard InChI is InChI=1S/C20H22FN3O3S/c1-13(2)20(25)24-19(16-9-4-5-10-17(16)21)12-18(22-24)14-7-6-8-15(11-14)23-28(3,26)27/h4-11,13,19,23H,12H2,1-3H3. The summed E-state index contributed by atoms with van der Waals surface area (Å²) in [6.07, 6.45) is 1.41. The number of nitrogens with one attached hydrogen (secondary N) is 1. The molecule has 0 saturated heterocycles. The lowest BCUT2D eigenvalue weighted by molar-refractivity contribution is -0.136. The number of nitrogens with zero attached hydrogens (tertiary/aromatic N) is 2. The molecule has 1 aliphatic heterocycles. The molecule has 1 atom stereocenters. The quantitative estimate of drug-likeness (QED) is 0.829. The zero-order valence-corrected chi connectivity index (χ0v) is 16.7. The minimum absolute atomic E-state index is 0.200. The molecule has 1 unspecified atom stereocenters. The maximum Gasteiger partial charge on any atom is 0.245 e. The zero-order valence-electron chi connectivity index (χ0n) is 15.9. The van der Waals surface area contributed by atoms with Crippen LogP contribution >= 0.6 is 0 Å². The van der Waals surface area contributed by atoms with E-state index in [0.29, 0.717) is 28.9 Å². The summed E-state index contributed by atoms with van der Waals surface area (Å²) in [4.78, 5) is 12.7. The molecule has 0 aliphatic carbocycles. The Morgan fingerprint density at radius 2 is 1.93 bits per heavy atom. The van der Waals surface area contributed by atoms with Gasteiger partial charge in [0.15, 0.2) is 0 Å². The van der Waals surface area contributed by atoms with Crippen LogP contribution in [-0.2, 0) is 14.8 Å². The Hall–Kier alpha value is -2.74. The summed E-state index contributed by atoms with van der Waals surface area (Å²) in [6, 6.07) is 12.6. The van der Waals surface area contributed by atoms with Gasteiger partial charge in [-0.15, -0.1) is 0 Å². The second kappa shape index (κ2) is 7.71. The van der Waals surface area contributed by atoms with E-state index in [9.17, 15) is 17.6 Å². The Kier molecular flexibility index (Phi) is 5.51. The third-order valence-corrected chi connectivity index (χ3v) is 5.00. The second-order valence-corrected chi connectivity index (χ2v) is 8.83. The molecule has 0 bridgehead atoms. The Morgan fingerprint density at radius 3 is 2.57 bits per heavy atom. The van der Waals surface area contributed by atoms with Crippen molar-refractivity contribution in [1.29, 1.82) is 0 Å². The first-order chi connectivity index (χ1) is 13.2. The van der Waals surface area contributed by atoms with Gasteiger partial charge < -0.3 is 0 Å². The highest BCUT2D eigenvalue weighted by Gasteiger charge is 2.35. The molecule has 3 rings (SSSR count). The van der Waals surface area contributed by atoms with Crippen LogP contribution in [0.15, 0.2) is 53.6 Å². The van der Waals surface area contributed by atoms with Crippen molar-refractivity contribution in [3.05, 3.63) is 65.5 Å². The second-order valence-electron chi connectivity index (χ2n) is 7.08. The van der Waals surface area contributed by atoms with Crippen molar-refractivity contribution < 1.29 is 17.6 Å². The van der Waals surface area contributed by atoms with E-state index in [1.54, 1.807) is 56.3 Å². The van der Waals surface area contributed by atoms with Crippen LogP contribution in [0, 0.1) is 11.7 Å². The van der Waals surface area contributed by atoms with Crippen LogP contribution in [0.5, 0.6) is 0 Å². The molecular weight excluding hydrogens is 381 g/mol. The van der Waals surface area contributed by atoms with Gasteiger partial charge >= 0.3 is 0 Å². The Morgan fingerprint density at radius 1 is 1.21 bits per heavy atom. The van der Waals surface area contributed by atoms with Crippen LogP contribution in [0.4, 0.5) is 10.1 Å². The van der Waals surface area contributed by atoms with Gasteiger partial charge in [-0.1, -0.05) is 44.2 Å². The van der Waals surface area contributed by atoms with E-state index in [-0.39, 0.29) is 11.8 Å². The minimum atomic E-state index is -3.42. The van der Waals surface area contributed by atoms with Gasteiger partial charge in [-0.3, -0.25) is 9.52 Å². The summed E-state index contributed by atoms with van der Waals surface area (Å²) in [7, 11) is -3.42. The predicted molar refractivity (Wildman–Crippen MR) is 107 cm³/mol. The van der Waals surface area contributed by atoms with Gasteiger partial charge in [0.2, 0.25) is 15.9 Å². The maximum atomic E-state index is 14.4. The number of amides is 1. The van der Waals surface area contributed by atoms with E-state index >= 15 is 0 Å². The van der Waals surface area contributed by atoms with E-state index in [2.05, 4.69) is 9.82 Å². The smallest absolute Gasteiger partial charge is 0.245 e. The molecule has 2 aromatic carbocycles. The van der Waals surface area contributed by atoms with Crippen molar-refractivity contribution in [3.63, 3.8) is 0 Å². The molecule has 0 spiro atoms. The zero-order chi connectivity index (χ0) is 20.5. The van der Waals surface area contributed by atoms with Gasteiger partial charge in [0.1, 0.15) is 5.82 Å². The van der Waals surface area contributed by atoms with Crippen molar-refractivity contribution in [3.8, 4) is 0 Å². The fourth-order valence-corrected chi connectivity index (χ4v) is 3.67. The molecule has 2 aromatic rings. The molecule has 28 heavy (non-hydrogen) atoms. The van der Waals surface area contributed by atoms with Gasteiger partial charge in [-0.2, -0.15) is 5.10 Å². The van der Waals surface area contributed by atoms with Gasteiger partial charge in [0, 0.05) is 23.6 Å². The summed E-state index contributed by atoms with van der Waals surface area (Å²) < 4.78 is 39.8. The van der Waals surface area contributed by atoms with E-state index in [1.165, 1.54) is 11.1 Å². The van der Waals surface area contributed by atoms with Crippen molar-refractivity contribution in [2.45, 2.75) is 26.3 Å². The Labute approximate surface area is 164 Å². The maximum absolute atomic E-state index is 14.4. The first-order valence-electron chi connectivity index (χ1n) is 8.89. The first kappa shape index (κ1) is 20.0. The molecule has 0 aromatic heterocycles. The molecule has 0 saturated carbocycles. The molecule has 0 fully saturated rings. The summed E-state index contributed by atoms with van der Waals surface area (Å²) in [6.45, 7) is 3.54. The van der Waals surface area contributed by atoms with Crippen LogP contribution < -0.4 is 4.72 Å². The van der Waals surface area contributed by atoms with Crippen LogP contribution in [0.1, 0.15) is 37.4 Å².